The van der Waals surface area contributed by atoms with Gasteiger partial charge in [0.1, 0.15) is 11.6 Å². The van der Waals surface area contributed by atoms with Crippen LogP contribution in [0, 0.1) is 17.6 Å². The first-order valence-electron chi connectivity index (χ1n) is 8.08. The highest BCUT2D eigenvalue weighted by atomic mass is 19.1. The van der Waals surface area contributed by atoms with Crippen LogP contribution in [0.1, 0.15) is 24.8 Å². The molecule has 6 heteroatoms. The Morgan fingerprint density at radius 2 is 2.04 bits per heavy atom. The second-order valence-electron chi connectivity index (χ2n) is 6.09. The molecule has 1 atom stereocenters. The van der Waals surface area contributed by atoms with Crippen molar-refractivity contribution in [2.75, 3.05) is 26.3 Å². The number of likely N-dealkylation sites (tertiary alicyclic amines) is 1. The van der Waals surface area contributed by atoms with Crippen LogP contribution in [-0.2, 0) is 20.7 Å². The molecule has 0 spiro atoms. The van der Waals surface area contributed by atoms with Crippen molar-refractivity contribution in [3.05, 3.63) is 35.4 Å². The summed E-state index contributed by atoms with van der Waals surface area (Å²) in [5.41, 5.74) is 0.245. The molecule has 23 heavy (non-hydrogen) atoms. The third-order valence-corrected chi connectivity index (χ3v) is 4.46. The molecule has 1 amide bonds. The van der Waals surface area contributed by atoms with Crippen LogP contribution >= 0.6 is 0 Å². The largest absolute Gasteiger partial charge is 0.350 e. The third kappa shape index (κ3) is 4.06. The minimum Gasteiger partial charge on any atom is -0.350 e. The molecule has 0 bridgehead atoms. The van der Waals surface area contributed by atoms with Gasteiger partial charge in [0.25, 0.3) is 0 Å². The number of piperidine rings is 1. The quantitative estimate of drug-likeness (QED) is 0.854. The predicted octanol–water partition coefficient (Wildman–Crippen LogP) is 2.51. The first-order chi connectivity index (χ1) is 11.1. The molecular formula is C17H21F2NO3. The van der Waals surface area contributed by atoms with E-state index in [2.05, 4.69) is 0 Å². The van der Waals surface area contributed by atoms with Crippen molar-refractivity contribution in [3.63, 3.8) is 0 Å². The molecule has 1 unspecified atom stereocenters. The second-order valence-corrected chi connectivity index (χ2v) is 6.09. The van der Waals surface area contributed by atoms with Crippen LogP contribution in [0.3, 0.4) is 0 Å². The molecule has 0 saturated carbocycles. The number of benzene rings is 1. The molecule has 1 aromatic carbocycles. The first kappa shape index (κ1) is 16.3. The summed E-state index contributed by atoms with van der Waals surface area (Å²) in [4.78, 5) is 14.1. The Morgan fingerprint density at radius 3 is 2.83 bits per heavy atom. The normalized spacial score (nSPS) is 22.5. The number of carbonyl (C=O) groups excluding carboxylic acids is 1. The van der Waals surface area contributed by atoms with Crippen LogP contribution in [0.15, 0.2) is 18.2 Å². The number of aryl methyl sites for hydroxylation is 1. The van der Waals surface area contributed by atoms with Gasteiger partial charge in [0.2, 0.25) is 5.91 Å². The van der Waals surface area contributed by atoms with Crippen molar-refractivity contribution >= 4 is 5.91 Å². The molecule has 0 aromatic heterocycles. The lowest BCUT2D eigenvalue weighted by molar-refractivity contribution is -0.139. The lowest BCUT2D eigenvalue weighted by Gasteiger charge is -2.34. The van der Waals surface area contributed by atoms with Crippen LogP contribution in [0.25, 0.3) is 0 Å². The van der Waals surface area contributed by atoms with E-state index in [4.69, 9.17) is 9.47 Å². The van der Waals surface area contributed by atoms with Crippen molar-refractivity contribution in [1.29, 1.82) is 0 Å². The monoisotopic (exact) mass is 325 g/mol. The van der Waals surface area contributed by atoms with Gasteiger partial charge < -0.3 is 14.4 Å². The van der Waals surface area contributed by atoms with E-state index < -0.39 is 11.6 Å². The van der Waals surface area contributed by atoms with Crippen molar-refractivity contribution in [2.45, 2.75) is 32.0 Å². The predicted molar refractivity (Wildman–Crippen MR) is 79.7 cm³/mol. The summed E-state index contributed by atoms with van der Waals surface area (Å²) in [7, 11) is 0. The summed E-state index contributed by atoms with van der Waals surface area (Å²) in [5, 5.41) is 0. The van der Waals surface area contributed by atoms with E-state index in [1.165, 1.54) is 0 Å². The van der Waals surface area contributed by atoms with Crippen LogP contribution in [0.4, 0.5) is 8.78 Å². The van der Waals surface area contributed by atoms with E-state index in [0.717, 1.165) is 31.0 Å². The van der Waals surface area contributed by atoms with E-state index in [1.807, 2.05) is 0 Å². The van der Waals surface area contributed by atoms with Gasteiger partial charge in [-0.15, -0.1) is 0 Å². The number of hydrogen-bond acceptors (Lipinski definition) is 3. The first-order valence-corrected chi connectivity index (χ1v) is 8.08. The topological polar surface area (TPSA) is 38.8 Å². The molecule has 2 fully saturated rings. The van der Waals surface area contributed by atoms with Crippen LogP contribution in [-0.4, -0.2) is 43.4 Å². The fraction of sp³-hybridized carbons (Fsp3) is 0.588. The van der Waals surface area contributed by atoms with Gasteiger partial charge in [0.15, 0.2) is 6.29 Å². The van der Waals surface area contributed by atoms with Gasteiger partial charge in [-0.3, -0.25) is 4.79 Å². The average molecular weight is 325 g/mol. The summed E-state index contributed by atoms with van der Waals surface area (Å²) < 4.78 is 37.8. The maximum absolute atomic E-state index is 13.6. The summed E-state index contributed by atoms with van der Waals surface area (Å²) in [5.74, 6) is -0.789. The van der Waals surface area contributed by atoms with Gasteiger partial charge in [-0.05, 0) is 43.0 Å². The van der Waals surface area contributed by atoms with Gasteiger partial charge in [0, 0.05) is 25.4 Å². The van der Waals surface area contributed by atoms with Gasteiger partial charge >= 0.3 is 0 Å². The van der Waals surface area contributed by atoms with Gasteiger partial charge in [-0.1, -0.05) is 0 Å². The van der Waals surface area contributed by atoms with Crippen LogP contribution < -0.4 is 0 Å². The third-order valence-electron chi connectivity index (χ3n) is 4.46. The lowest BCUT2D eigenvalue weighted by Crippen LogP contribution is -2.43. The van der Waals surface area contributed by atoms with Crippen molar-refractivity contribution in [3.8, 4) is 0 Å². The summed E-state index contributed by atoms with van der Waals surface area (Å²) in [6.45, 7) is 2.52. The molecule has 2 heterocycles. The standard InChI is InChI=1S/C17H21F2NO3/c18-14-4-5-15(19)12(10-14)3-6-16(21)20-7-1-2-13(11-20)17-22-8-9-23-17/h4-5,10,13,17H,1-3,6-9,11H2. The average Bonchev–Trinajstić information content (AvgIpc) is 3.10. The van der Waals surface area contributed by atoms with Gasteiger partial charge in [-0.2, -0.15) is 0 Å². The second kappa shape index (κ2) is 7.36. The summed E-state index contributed by atoms with van der Waals surface area (Å²) >= 11 is 0. The molecule has 1 aromatic rings. The zero-order valence-corrected chi connectivity index (χ0v) is 13.0. The van der Waals surface area contributed by atoms with E-state index >= 15 is 0 Å². The van der Waals surface area contributed by atoms with E-state index in [9.17, 15) is 13.6 Å². The van der Waals surface area contributed by atoms with E-state index in [-0.39, 0.29) is 36.5 Å². The Bertz CT molecular complexity index is 561. The number of halogens is 2. The number of nitrogens with zero attached hydrogens (tertiary/aromatic N) is 1. The molecule has 2 aliphatic heterocycles. The van der Waals surface area contributed by atoms with Crippen molar-refractivity contribution < 1.29 is 23.0 Å². The number of hydrogen-bond donors (Lipinski definition) is 0. The Labute approximate surface area is 134 Å². The number of ether oxygens (including phenoxy) is 2. The maximum atomic E-state index is 13.6. The van der Waals surface area contributed by atoms with Crippen LogP contribution in [0.2, 0.25) is 0 Å². The molecule has 2 aliphatic rings. The smallest absolute Gasteiger partial charge is 0.222 e. The number of amides is 1. The Hall–Kier alpha value is -1.53. The van der Waals surface area contributed by atoms with E-state index in [0.29, 0.717) is 26.3 Å². The minimum absolute atomic E-state index is 0.0311. The molecular weight excluding hydrogens is 304 g/mol. The molecule has 2 saturated heterocycles. The van der Waals surface area contributed by atoms with Crippen molar-refractivity contribution in [2.24, 2.45) is 5.92 Å². The highest BCUT2D eigenvalue weighted by Crippen LogP contribution is 2.25. The molecule has 126 valence electrons. The Kier molecular flexibility index (Phi) is 5.23. The SMILES string of the molecule is O=C(CCc1cc(F)ccc1F)N1CCCC(C2OCCO2)C1. The zero-order valence-electron chi connectivity index (χ0n) is 13.0. The summed E-state index contributed by atoms with van der Waals surface area (Å²) in [6.07, 6.45) is 2.06. The molecule has 3 rings (SSSR count). The van der Waals surface area contributed by atoms with Gasteiger partial charge in [-0.25, -0.2) is 8.78 Å². The van der Waals surface area contributed by atoms with Crippen molar-refractivity contribution in [1.82, 2.24) is 4.90 Å². The molecule has 0 aliphatic carbocycles. The molecule has 0 N–H and O–H groups in total. The highest BCUT2D eigenvalue weighted by molar-refractivity contribution is 5.76. The fourth-order valence-corrected chi connectivity index (χ4v) is 3.24. The van der Waals surface area contributed by atoms with Crippen LogP contribution in [0.5, 0.6) is 0 Å². The van der Waals surface area contributed by atoms with E-state index in [1.54, 1.807) is 4.90 Å². The highest BCUT2D eigenvalue weighted by Gasteiger charge is 2.32. The Morgan fingerprint density at radius 1 is 1.26 bits per heavy atom. The van der Waals surface area contributed by atoms with Gasteiger partial charge in [0.05, 0.1) is 13.2 Å². The maximum Gasteiger partial charge on any atom is 0.222 e. The lowest BCUT2D eigenvalue weighted by atomic mass is 9.96. The molecule has 4 nitrogen and oxygen atoms in total. The Balaban J connectivity index is 1.54. The fourth-order valence-electron chi connectivity index (χ4n) is 3.24. The molecule has 0 radical (unpaired) electrons. The zero-order chi connectivity index (χ0) is 16.2. The summed E-state index contributed by atoms with van der Waals surface area (Å²) in [6, 6.07) is 3.33. The number of rotatable bonds is 4. The minimum atomic E-state index is -0.484. The number of carbonyl (C=O) groups is 1.